The zero-order valence-corrected chi connectivity index (χ0v) is 53.1. The second kappa shape index (κ2) is 21.5. The molecule has 0 N–H and O–H groups in total. The van der Waals surface area contributed by atoms with Crippen molar-refractivity contribution in [3.63, 3.8) is 0 Å². The maximum atomic E-state index is 2.45. The summed E-state index contributed by atoms with van der Waals surface area (Å²) in [5.41, 5.74) is 21.8. The highest BCUT2D eigenvalue weighted by Crippen LogP contribution is 2.54. The quantitative estimate of drug-likeness (QED) is 0.0995. The number of fused-ring (bicyclic) bond motifs is 16. The van der Waals surface area contributed by atoms with Gasteiger partial charge < -0.3 is 9.80 Å². The van der Waals surface area contributed by atoms with Crippen LogP contribution in [0, 0.1) is 0 Å². The summed E-state index contributed by atoms with van der Waals surface area (Å²) in [5, 5.41) is 17.4. The molecule has 0 radical (unpaired) electrons. The molecule has 0 saturated carbocycles. The molecule has 2 nitrogen and oxygen atoms in total. The Hall–Kier alpha value is -11.6. The SMILES string of the molecule is CC1(C)c2cc(C=Cc3ccc4c5ccc(C=Cc6ccc7c(c6)C(C)(C)c6cc(N(c8ccc9ccccc9c8)c8cccc9ccccc89)ccc6-7)cc5c5ccccc5c4c3)ccc2-c2ccc(N(c3ccc4ccccc4c3)c3cccc4ccccc34)cc21. The zero-order valence-electron chi connectivity index (χ0n) is 53.1. The molecule has 94 heavy (non-hydrogen) atoms. The van der Waals surface area contributed by atoms with E-state index in [9.17, 15) is 0 Å². The maximum absolute atomic E-state index is 2.45. The number of hydrogen-bond acceptors (Lipinski definition) is 2. The highest BCUT2D eigenvalue weighted by atomic mass is 15.1. The van der Waals surface area contributed by atoms with Crippen molar-refractivity contribution < 1.29 is 0 Å². The van der Waals surface area contributed by atoms with Crippen LogP contribution in [0.25, 0.3) is 122 Å². The molecule has 16 aromatic carbocycles. The first-order chi connectivity index (χ1) is 46.1. The molecule has 0 aromatic heterocycles. The van der Waals surface area contributed by atoms with Crippen LogP contribution >= 0.6 is 0 Å². The molecule has 0 heterocycles. The summed E-state index contributed by atoms with van der Waals surface area (Å²) in [6.45, 7) is 9.57. The van der Waals surface area contributed by atoms with E-state index in [4.69, 9.17) is 0 Å². The molecule has 0 bridgehead atoms. The molecular weight excluding hydrogens is 1130 g/mol. The van der Waals surface area contributed by atoms with E-state index < -0.39 is 0 Å². The van der Waals surface area contributed by atoms with E-state index in [0.29, 0.717) is 0 Å². The molecule has 0 atom stereocenters. The van der Waals surface area contributed by atoms with E-state index in [0.717, 1.165) is 22.7 Å². The topological polar surface area (TPSA) is 6.48 Å². The Kier molecular flexibility index (Phi) is 12.7. The second-order valence-corrected chi connectivity index (χ2v) is 26.9. The van der Waals surface area contributed by atoms with Crippen molar-refractivity contribution >= 4 is 134 Å². The van der Waals surface area contributed by atoms with Gasteiger partial charge in [-0.2, -0.15) is 0 Å². The Bertz CT molecular complexity index is 5500. The minimum atomic E-state index is -0.223. The fraction of sp³-hybridized carbons (Fsp3) is 0.0652. The molecule has 444 valence electrons. The Labute approximate surface area is 548 Å². The van der Waals surface area contributed by atoms with Crippen LogP contribution < -0.4 is 9.80 Å². The summed E-state index contributed by atoms with van der Waals surface area (Å²) in [7, 11) is 0. The predicted molar refractivity (Wildman–Crippen MR) is 404 cm³/mol. The third-order valence-corrected chi connectivity index (χ3v) is 20.7. The van der Waals surface area contributed by atoms with E-state index in [2.05, 4.69) is 365 Å². The van der Waals surface area contributed by atoms with Crippen molar-refractivity contribution in [2.45, 2.75) is 38.5 Å². The monoisotopic (exact) mass is 1200 g/mol. The van der Waals surface area contributed by atoms with E-state index in [1.807, 2.05) is 0 Å². The summed E-state index contributed by atoms with van der Waals surface area (Å²) in [6, 6.07) is 113. The standard InChI is InChI=1S/C92H66N2/c1-91(2)85-53-61(37-47-79(85)81-49-43-71(57-87(81)91)93(69-41-39-63-17-5-7-21-67(63)55-69)89-29-15-23-65-19-9-11-25-73(65)89)33-31-59-35-45-77-78-46-36-60(52-84(78)76-28-14-13-27-75(76)83(77)51-59)32-34-62-38-48-80-82-50-44-72(58-88(82)92(3,4)86(80)54-62)94(70-42-40-64-18-6-8-22-68(64)56-70)90-30-16-24-66-20-10-12-26-74(66)90/h5-58H,1-4H3. The fourth-order valence-corrected chi connectivity index (χ4v) is 15.8. The molecule has 0 saturated heterocycles. The smallest absolute Gasteiger partial charge is 0.0540 e. The Morgan fingerprint density at radius 3 is 0.936 bits per heavy atom. The average molecular weight is 1200 g/mol. The van der Waals surface area contributed by atoms with Gasteiger partial charge in [-0.05, 0) is 204 Å². The average Bonchev–Trinajstić information content (AvgIpc) is 1.55. The van der Waals surface area contributed by atoms with E-state index in [1.165, 1.54) is 154 Å². The minimum absolute atomic E-state index is 0.223. The maximum Gasteiger partial charge on any atom is 0.0540 e. The van der Waals surface area contributed by atoms with Gasteiger partial charge in [0.1, 0.15) is 0 Å². The first-order valence-electron chi connectivity index (χ1n) is 32.9. The van der Waals surface area contributed by atoms with Gasteiger partial charge in [-0.25, -0.2) is 0 Å². The molecule has 0 unspecified atom stereocenters. The lowest BCUT2D eigenvalue weighted by atomic mass is 9.81. The normalized spacial score (nSPS) is 13.6. The highest BCUT2D eigenvalue weighted by molar-refractivity contribution is 6.26. The Morgan fingerprint density at radius 2 is 0.511 bits per heavy atom. The van der Waals surface area contributed by atoms with Gasteiger partial charge >= 0.3 is 0 Å². The van der Waals surface area contributed by atoms with Gasteiger partial charge in [0.25, 0.3) is 0 Å². The largest absolute Gasteiger partial charge is 0.310 e. The number of rotatable bonds is 10. The molecular formula is C92H66N2. The molecule has 2 aliphatic carbocycles. The third kappa shape index (κ3) is 9.00. The van der Waals surface area contributed by atoms with Gasteiger partial charge in [0.2, 0.25) is 0 Å². The number of nitrogens with zero attached hydrogens (tertiary/aromatic N) is 2. The van der Waals surface area contributed by atoms with Gasteiger partial charge in [-0.1, -0.05) is 283 Å². The molecule has 2 aliphatic rings. The summed E-state index contributed by atoms with van der Waals surface area (Å²) < 4.78 is 0. The first-order valence-corrected chi connectivity index (χ1v) is 32.9. The molecule has 18 rings (SSSR count). The number of anilines is 6. The van der Waals surface area contributed by atoms with Crippen molar-refractivity contribution in [2.24, 2.45) is 0 Å². The minimum Gasteiger partial charge on any atom is -0.310 e. The fourth-order valence-electron chi connectivity index (χ4n) is 15.8. The second-order valence-electron chi connectivity index (χ2n) is 26.9. The first kappa shape index (κ1) is 55.3. The van der Waals surface area contributed by atoms with Gasteiger partial charge in [0.05, 0.1) is 11.4 Å². The Balaban J connectivity index is 0.627. The van der Waals surface area contributed by atoms with E-state index in [1.54, 1.807) is 0 Å². The van der Waals surface area contributed by atoms with Crippen molar-refractivity contribution in [1.82, 2.24) is 0 Å². The zero-order chi connectivity index (χ0) is 62.8. The number of benzene rings is 16. The van der Waals surface area contributed by atoms with Gasteiger partial charge in [0, 0.05) is 44.4 Å². The summed E-state index contributed by atoms with van der Waals surface area (Å²) in [6.07, 6.45) is 9.16. The van der Waals surface area contributed by atoms with Crippen molar-refractivity contribution in [3.05, 3.63) is 348 Å². The third-order valence-electron chi connectivity index (χ3n) is 20.7. The number of hydrogen-bond donors (Lipinski definition) is 0. The van der Waals surface area contributed by atoms with Crippen molar-refractivity contribution in [3.8, 4) is 22.3 Å². The molecule has 16 aromatic rings. The lowest BCUT2D eigenvalue weighted by Crippen LogP contribution is -2.17. The lowest BCUT2D eigenvalue weighted by molar-refractivity contribution is 0.660. The van der Waals surface area contributed by atoms with Crippen LogP contribution in [0.1, 0.15) is 72.2 Å². The van der Waals surface area contributed by atoms with Crippen LogP contribution in [-0.4, -0.2) is 0 Å². The molecule has 2 heteroatoms. The van der Waals surface area contributed by atoms with Crippen molar-refractivity contribution in [2.75, 3.05) is 9.80 Å². The van der Waals surface area contributed by atoms with Crippen LogP contribution in [0.15, 0.2) is 303 Å². The molecule has 0 spiro atoms. The van der Waals surface area contributed by atoms with Crippen LogP contribution in [0.4, 0.5) is 34.1 Å². The van der Waals surface area contributed by atoms with Crippen LogP contribution in [0.3, 0.4) is 0 Å². The predicted octanol–water partition coefficient (Wildman–Crippen LogP) is 25.7. The van der Waals surface area contributed by atoms with Gasteiger partial charge in [0.15, 0.2) is 0 Å². The lowest BCUT2D eigenvalue weighted by Gasteiger charge is -2.29. The van der Waals surface area contributed by atoms with Crippen molar-refractivity contribution in [1.29, 1.82) is 0 Å². The van der Waals surface area contributed by atoms with E-state index >= 15 is 0 Å². The van der Waals surface area contributed by atoms with Crippen LogP contribution in [0.2, 0.25) is 0 Å². The molecule has 0 amide bonds. The Morgan fingerprint density at radius 1 is 0.213 bits per heavy atom. The van der Waals surface area contributed by atoms with Crippen LogP contribution in [0.5, 0.6) is 0 Å². The molecule has 0 fully saturated rings. The van der Waals surface area contributed by atoms with Gasteiger partial charge in [-0.3, -0.25) is 0 Å². The van der Waals surface area contributed by atoms with E-state index in [-0.39, 0.29) is 10.8 Å². The molecule has 0 aliphatic heterocycles. The van der Waals surface area contributed by atoms with Crippen LogP contribution in [-0.2, 0) is 10.8 Å². The highest BCUT2D eigenvalue weighted by Gasteiger charge is 2.38. The summed E-state index contributed by atoms with van der Waals surface area (Å²) in [4.78, 5) is 4.90. The summed E-state index contributed by atoms with van der Waals surface area (Å²) >= 11 is 0. The van der Waals surface area contributed by atoms with Gasteiger partial charge in [-0.15, -0.1) is 0 Å². The summed E-state index contributed by atoms with van der Waals surface area (Å²) in [5.74, 6) is 0.